The maximum atomic E-state index is 12.1. The average Bonchev–Trinajstić information content (AvgIpc) is 3.20. The molecule has 2 heterocycles. The van der Waals surface area contributed by atoms with Gasteiger partial charge in [-0.3, -0.25) is 0 Å². The molecule has 0 radical (unpaired) electrons. The lowest BCUT2D eigenvalue weighted by Gasteiger charge is -2.19. The molecular formula is C21H25N3O3. The maximum absolute atomic E-state index is 12.1. The molecule has 6 nitrogen and oxygen atoms in total. The Morgan fingerprint density at radius 1 is 1.04 bits per heavy atom. The second-order valence-electron chi connectivity index (χ2n) is 6.98. The van der Waals surface area contributed by atoms with Gasteiger partial charge in [-0.2, -0.15) is 0 Å². The summed E-state index contributed by atoms with van der Waals surface area (Å²) in [4.78, 5) is 14.5. The highest BCUT2D eigenvalue weighted by molar-refractivity contribution is 5.73. The molecule has 142 valence electrons. The van der Waals surface area contributed by atoms with Gasteiger partial charge in [-0.1, -0.05) is 24.3 Å². The summed E-state index contributed by atoms with van der Waals surface area (Å²) < 4.78 is 11.1. The number of ether oxygens (including phenoxy) is 2. The van der Waals surface area contributed by atoms with Crippen molar-refractivity contribution in [1.29, 1.82) is 0 Å². The first-order chi connectivity index (χ1) is 13.3. The largest absolute Gasteiger partial charge is 0.486 e. The molecule has 0 saturated carbocycles. The number of hydrogen-bond acceptors (Lipinski definition) is 4. The number of carbonyl (C=O) groups is 1. The predicted molar refractivity (Wildman–Crippen MR) is 104 cm³/mol. The number of benzene rings is 2. The van der Waals surface area contributed by atoms with Gasteiger partial charge >= 0.3 is 6.03 Å². The highest BCUT2D eigenvalue weighted by Crippen LogP contribution is 2.30. The number of fused-ring (bicyclic) bond motifs is 1. The van der Waals surface area contributed by atoms with Crippen LogP contribution in [0.4, 0.5) is 10.5 Å². The zero-order chi connectivity index (χ0) is 18.5. The van der Waals surface area contributed by atoms with Crippen molar-refractivity contribution < 1.29 is 14.3 Å². The second-order valence-corrected chi connectivity index (χ2v) is 6.98. The zero-order valence-electron chi connectivity index (χ0n) is 15.3. The highest BCUT2D eigenvalue weighted by atomic mass is 16.6. The number of nitrogens with one attached hydrogen (secondary N) is 2. The number of nitrogens with zero attached hydrogens (tertiary/aromatic N) is 1. The third-order valence-electron chi connectivity index (χ3n) is 5.02. The topological polar surface area (TPSA) is 62.8 Å². The van der Waals surface area contributed by atoms with E-state index in [2.05, 4.69) is 39.8 Å². The van der Waals surface area contributed by atoms with Crippen molar-refractivity contribution in [3.05, 3.63) is 54.1 Å². The molecule has 0 unspecified atom stereocenters. The zero-order valence-corrected chi connectivity index (χ0v) is 15.3. The summed E-state index contributed by atoms with van der Waals surface area (Å²) in [6.07, 6.45) is 1.09. The summed E-state index contributed by atoms with van der Waals surface area (Å²) >= 11 is 0. The molecule has 2 aromatic rings. The molecule has 0 spiro atoms. The van der Waals surface area contributed by atoms with Crippen LogP contribution in [0.25, 0.3) is 0 Å². The first kappa shape index (κ1) is 17.5. The van der Waals surface area contributed by atoms with Crippen LogP contribution >= 0.6 is 0 Å². The van der Waals surface area contributed by atoms with Gasteiger partial charge in [0.1, 0.15) is 13.2 Å². The Balaban J connectivity index is 1.20. The average molecular weight is 367 g/mol. The third kappa shape index (κ3) is 4.45. The van der Waals surface area contributed by atoms with E-state index < -0.39 is 0 Å². The molecule has 0 bridgehead atoms. The molecule has 2 N–H and O–H groups in total. The molecule has 2 aliphatic heterocycles. The summed E-state index contributed by atoms with van der Waals surface area (Å²) in [7, 11) is 0. The van der Waals surface area contributed by atoms with Crippen LogP contribution in [0.5, 0.6) is 11.5 Å². The Hall–Kier alpha value is -2.89. The normalized spacial score (nSPS) is 18.2. The van der Waals surface area contributed by atoms with Gasteiger partial charge in [0.15, 0.2) is 11.5 Å². The smallest absolute Gasteiger partial charge is 0.315 e. The van der Waals surface area contributed by atoms with Crippen molar-refractivity contribution in [1.82, 2.24) is 10.6 Å². The van der Waals surface area contributed by atoms with Crippen LogP contribution in [0.3, 0.4) is 0 Å². The number of urea groups is 1. The van der Waals surface area contributed by atoms with Gasteiger partial charge in [0.2, 0.25) is 0 Å². The first-order valence-electron chi connectivity index (χ1n) is 9.48. The lowest BCUT2D eigenvalue weighted by Crippen LogP contribution is -2.38. The van der Waals surface area contributed by atoms with Crippen LogP contribution in [-0.4, -0.2) is 38.9 Å². The van der Waals surface area contributed by atoms with Crippen molar-refractivity contribution in [2.24, 2.45) is 5.92 Å². The standard InChI is InChI=1S/C21H25N3O3/c25-21(22-13-16-6-7-19-20(12-16)27-11-10-26-19)23-14-17-8-9-24(15-17)18-4-2-1-3-5-18/h1-7,12,17H,8-11,13-15H2,(H2,22,23,25)/t17-/m0/s1. The first-order valence-corrected chi connectivity index (χ1v) is 9.48. The predicted octanol–water partition coefficient (Wildman–Crippen LogP) is 2.78. The van der Waals surface area contributed by atoms with E-state index in [1.54, 1.807) is 0 Å². The Labute approximate surface area is 159 Å². The van der Waals surface area contributed by atoms with E-state index >= 15 is 0 Å². The molecule has 1 atom stereocenters. The summed E-state index contributed by atoms with van der Waals surface area (Å²) in [5.74, 6) is 1.98. The summed E-state index contributed by atoms with van der Waals surface area (Å²) in [5.41, 5.74) is 2.24. The van der Waals surface area contributed by atoms with E-state index in [-0.39, 0.29) is 6.03 Å². The second kappa shape index (κ2) is 8.20. The highest BCUT2D eigenvalue weighted by Gasteiger charge is 2.23. The van der Waals surface area contributed by atoms with Gasteiger partial charge in [-0.15, -0.1) is 0 Å². The van der Waals surface area contributed by atoms with Crippen LogP contribution in [-0.2, 0) is 6.54 Å². The van der Waals surface area contributed by atoms with E-state index in [1.165, 1.54) is 5.69 Å². The van der Waals surface area contributed by atoms with Gasteiger partial charge in [0, 0.05) is 31.9 Å². The fraction of sp³-hybridized carbons (Fsp3) is 0.381. The molecule has 4 rings (SSSR count). The van der Waals surface area contributed by atoms with E-state index in [9.17, 15) is 4.79 Å². The minimum Gasteiger partial charge on any atom is -0.486 e. The van der Waals surface area contributed by atoms with E-state index in [4.69, 9.17) is 9.47 Å². The van der Waals surface area contributed by atoms with Gasteiger partial charge in [-0.05, 0) is 42.2 Å². The Bertz CT molecular complexity index is 781. The fourth-order valence-corrected chi connectivity index (χ4v) is 3.55. The van der Waals surface area contributed by atoms with Crippen LogP contribution in [0.2, 0.25) is 0 Å². The van der Waals surface area contributed by atoms with Gasteiger partial charge in [-0.25, -0.2) is 4.79 Å². The Kier molecular flexibility index (Phi) is 5.32. The monoisotopic (exact) mass is 367 g/mol. The van der Waals surface area contributed by atoms with E-state index in [0.717, 1.165) is 36.6 Å². The lowest BCUT2D eigenvalue weighted by atomic mass is 10.1. The van der Waals surface area contributed by atoms with Crippen LogP contribution in [0, 0.1) is 5.92 Å². The van der Waals surface area contributed by atoms with Crippen molar-refractivity contribution in [2.75, 3.05) is 37.7 Å². The number of anilines is 1. The molecule has 2 amide bonds. The summed E-state index contributed by atoms with van der Waals surface area (Å²) in [6, 6.07) is 16.0. The number of amides is 2. The molecule has 1 saturated heterocycles. The number of hydrogen-bond donors (Lipinski definition) is 2. The van der Waals surface area contributed by atoms with Crippen LogP contribution in [0.1, 0.15) is 12.0 Å². The SMILES string of the molecule is O=C(NCc1ccc2c(c1)OCCO2)NC[C@@H]1CCN(c2ccccc2)C1. The van der Waals surface area contributed by atoms with Gasteiger partial charge in [0.05, 0.1) is 0 Å². The summed E-state index contributed by atoms with van der Waals surface area (Å²) in [5, 5.41) is 5.91. The molecule has 2 aliphatic rings. The van der Waals surface area contributed by atoms with Crippen LogP contribution < -0.4 is 25.0 Å². The molecular weight excluding hydrogens is 342 g/mol. The van der Waals surface area contributed by atoms with Crippen molar-refractivity contribution in [3.8, 4) is 11.5 Å². The van der Waals surface area contributed by atoms with Gasteiger partial charge < -0.3 is 25.0 Å². The molecule has 2 aromatic carbocycles. The molecule has 6 heteroatoms. The Morgan fingerprint density at radius 2 is 1.85 bits per heavy atom. The number of rotatable bonds is 5. The Morgan fingerprint density at radius 3 is 2.70 bits per heavy atom. The van der Waals surface area contributed by atoms with Crippen molar-refractivity contribution >= 4 is 11.7 Å². The van der Waals surface area contributed by atoms with E-state index in [0.29, 0.717) is 32.2 Å². The molecule has 27 heavy (non-hydrogen) atoms. The minimum atomic E-state index is -0.136. The number of para-hydroxylation sites is 1. The molecule has 0 aliphatic carbocycles. The van der Waals surface area contributed by atoms with Crippen molar-refractivity contribution in [3.63, 3.8) is 0 Å². The summed E-state index contributed by atoms with van der Waals surface area (Å²) in [6.45, 7) is 4.31. The lowest BCUT2D eigenvalue weighted by molar-refractivity contribution is 0.171. The number of carbonyl (C=O) groups excluding carboxylic acids is 1. The van der Waals surface area contributed by atoms with Crippen LogP contribution in [0.15, 0.2) is 48.5 Å². The fourth-order valence-electron chi connectivity index (χ4n) is 3.55. The molecule has 0 aromatic heterocycles. The third-order valence-corrected chi connectivity index (χ3v) is 5.02. The maximum Gasteiger partial charge on any atom is 0.315 e. The van der Waals surface area contributed by atoms with Crippen molar-refractivity contribution in [2.45, 2.75) is 13.0 Å². The van der Waals surface area contributed by atoms with E-state index in [1.807, 2.05) is 24.3 Å². The minimum absolute atomic E-state index is 0.136. The van der Waals surface area contributed by atoms with Gasteiger partial charge in [0.25, 0.3) is 0 Å². The quantitative estimate of drug-likeness (QED) is 0.853. The molecule has 1 fully saturated rings.